The van der Waals surface area contributed by atoms with Gasteiger partial charge in [0.15, 0.2) is 0 Å². The number of nitrogens with two attached hydrogens (primary N) is 1. The van der Waals surface area contributed by atoms with Crippen LogP contribution in [0.2, 0.25) is 5.02 Å². The van der Waals surface area contributed by atoms with Crippen molar-refractivity contribution in [2.75, 3.05) is 18.1 Å². The number of ether oxygens (including phenoxy) is 1. The first-order valence-electron chi connectivity index (χ1n) is 9.70. The summed E-state index contributed by atoms with van der Waals surface area (Å²) in [7, 11) is 0. The molecule has 0 heterocycles. The maximum Gasteiger partial charge on any atom is 0.323 e. The molecule has 2 aromatic rings. The number of rotatable bonds is 8. The highest BCUT2D eigenvalue weighted by atomic mass is 35.5. The predicted molar refractivity (Wildman–Crippen MR) is 117 cm³/mol. The summed E-state index contributed by atoms with van der Waals surface area (Å²) in [6, 6.07) is 14.8. The van der Waals surface area contributed by atoms with Gasteiger partial charge in [-0.25, -0.2) is 5.84 Å². The molecule has 0 spiro atoms. The summed E-state index contributed by atoms with van der Waals surface area (Å²) in [5.41, 5.74) is 4.09. The average molecular weight is 432 g/mol. The molecule has 0 fully saturated rings. The van der Waals surface area contributed by atoms with Crippen molar-refractivity contribution in [1.82, 2.24) is 5.43 Å². The molecule has 30 heavy (non-hydrogen) atoms. The number of carbonyl (C=O) groups is 3. The van der Waals surface area contributed by atoms with Gasteiger partial charge in [0.05, 0.1) is 11.6 Å². The number of nitrogens with zero attached hydrogens (tertiary/aromatic N) is 1. The van der Waals surface area contributed by atoms with Crippen molar-refractivity contribution in [3.63, 3.8) is 0 Å². The highest BCUT2D eigenvalue weighted by Crippen LogP contribution is 2.32. The highest BCUT2D eigenvalue weighted by Gasteiger charge is 2.25. The van der Waals surface area contributed by atoms with Crippen molar-refractivity contribution < 1.29 is 19.1 Å². The van der Waals surface area contributed by atoms with Gasteiger partial charge in [-0.1, -0.05) is 54.9 Å². The molecule has 0 aliphatic heterocycles. The average Bonchev–Trinajstić information content (AvgIpc) is 2.75. The van der Waals surface area contributed by atoms with Gasteiger partial charge in [0.25, 0.3) is 0 Å². The third kappa shape index (κ3) is 6.30. The molecule has 2 aromatic carbocycles. The minimum atomic E-state index is -0.934. The third-order valence-electron chi connectivity index (χ3n) is 4.56. The number of amides is 2. The number of hydrogen-bond donors (Lipinski definition) is 2. The molecule has 2 rings (SSSR count). The van der Waals surface area contributed by atoms with E-state index in [2.05, 4.69) is 0 Å². The second-order valence-corrected chi connectivity index (χ2v) is 7.28. The zero-order chi connectivity index (χ0) is 22.1. The van der Waals surface area contributed by atoms with E-state index < -0.39 is 11.8 Å². The van der Waals surface area contributed by atoms with Gasteiger partial charge in [0.2, 0.25) is 0 Å². The van der Waals surface area contributed by atoms with Crippen LogP contribution in [-0.4, -0.2) is 30.9 Å². The molecule has 2 amide bonds. The Kier molecular flexibility index (Phi) is 8.83. The maximum absolute atomic E-state index is 12.6. The van der Waals surface area contributed by atoms with Crippen LogP contribution in [0, 0.1) is 5.92 Å². The number of anilines is 1. The lowest BCUT2D eigenvalue weighted by atomic mass is 10.0. The van der Waals surface area contributed by atoms with Crippen molar-refractivity contribution in [1.29, 1.82) is 0 Å². The van der Waals surface area contributed by atoms with Crippen LogP contribution in [0.4, 0.5) is 5.69 Å². The lowest BCUT2D eigenvalue weighted by Crippen LogP contribution is -2.47. The molecular formula is C22H26ClN3O4. The minimum Gasteiger partial charge on any atom is -0.466 e. The highest BCUT2D eigenvalue weighted by molar-refractivity contribution is 6.40. The molecule has 3 N–H and O–H groups in total. The van der Waals surface area contributed by atoms with Crippen LogP contribution in [0.15, 0.2) is 48.5 Å². The van der Waals surface area contributed by atoms with Gasteiger partial charge in [-0.05, 0) is 37.0 Å². The van der Waals surface area contributed by atoms with Crippen LogP contribution in [0.25, 0.3) is 11.1 Å². The fourth-order valence-corrected chi connectivity index (χ4v) is 3.30. The van der Waals surface area contributed by atoms with Gasteiger partial charge in [0.1, 0.15) is 0 Å². The number of halogens is 1. The summed E-state index contributed by atoms with van der Waals surface area (Å²) in [4.78, 5) is 37.4. The van der Waals surface area contributed by atoms with Crippen molar-refractivity contribution in [2.45, 2.75) is 26.7 Å². The Balaban J connectivity index is 2.24. The van der Waals surface area contributed by atoms with Gasteiger partial charge in [-0.3, -0.25) is 19.8 Å². The van der Waals surface area contributed by atoms with Crippen LogP contribution >= 0.6 is 11.6 Å². The molecule has 0 aromatic heterocycles. The molecule has 0 saturated carbocycles. The van der Waals surface area contributed by atoms with E-state index in [1.807, 2.05) is 42.7 Å². The Hall–Kier alpha value is -2.90. The number of hydrazine groups is 1. The standard InChI is InChI=1S/C22H26ClN3O4/c1-3-30-20(27)12-9-15(2)14-26(22(29)21(28)25-24)17-10-11-18(19(23)13-17)16-7-5-4-6-8-16/h4-8,10-11,13,15H,3,9,12,14,24H2,1-2H3,(H,25,28)/t15-/m0/s1. The Bertz CT molecular complexity index is 889. The molecule has 0 radical (unpaired) electrons. The molecule has 8 heteroatoms. The van der Waals surface area contributed by atoms with E-state index in [1.165, 1.54) is 4.90 Å². The number of nitrogens with one attached hydrogen (secondary N) is 1. The van der Waals surface area contributed by atoms with E-state index in [0.717, 1.165) is 11.1 Å². The van der Waals surface area contributed by atoms with Gasteiger partial charge in [-0.2, -0.15) is 0 Å². The summed E-state index contributed by atoms with van der Waals surface area (Å²) in [5.74, 6) is 3.04. The summed E-state index contributed by atoms with van der Waals surface area (Å²) in [6.45, 7) is 4.17. The Morgan fingerprint density at radius 2 is 1.87 bits per heavy atom. The fourth-order valence-electron chi connectivity index (χ4n) is 3.01. The van der Waals surface area contributed by atoms with Crippen LogP contribution in [0.1, 0.15) is 26.7 Å². The molecule has 7 nitrogen and oxygen atoms in total. The molecule has 0 saturated heterocycles. The number of carbonyl (C=O) groups excluding carboxylic acids is 3. The molecule has 0 bridgehead atoms. The third-order valence-corrected chi connectivity index (χ3v) is 4.87. The summed E-state index contributed by atoms with van der Waals surface area (Å²) in [6.07, 6.45) is 0.733. The summed E-state index contributed by atoms with van der Waals surface area (Å²) >= 11 is 6.48. The van der Waals surface area contributed by atoms with Crippen LogP contribution < -0.4 is 16.2 Å². The van der Waals surface area contributed by atoms with Crippen LogP contribution in [0.5, 0.6) is 0 Å². The van der Waals surface area contributed by atoms with Crippen molar-refractivity contribution in [2.24, 2.45) is 11.8 Å². The Morgan fingerprint density at radius 1 is 1.17 bits per heavy atom. The first kappa shape index (κ1) is 23.4. The van der Waals surface area contributed by atoms with Gasteiger partial charge in [-0.15, -0.1) is 0 Å². The fraction of sp³-hybridized carbons (Fsp3) is 0.318. The van der Waals surface area contributed by atoms with E-state index in [4.69, 9.17) is 22.2 Å². The molecule has 0 aliphatic carbocycles. The number of esters is 1. The van der Waals surface area contributed by atoms with Crippen molar-refractivity contribution in [3.8, 4) is 11.1 Å². The van der Waals surface area contributed by atoms with E-state index in [9.17, 15) is 14.4 Å². The van der Waals surface area contributed by atoms with Crippen molar-refractivity contribution in [3.05, 3.63) is 53.6 Å². The molecule has 0 unspecified atom stereocenters. The summed E-state index contributed by atoms with van der Waals surface area (Å²) in [5, 5.41) is 0.448. The second kappa shape index (κ2) is 11.3. The van der Waals surface area contributed by atoms with E-state index >= 15 is 0 Å². The zero-order valence-electron chi connectivity index (χ0n) is 17.1. The Morgan fingerprint density at radius 3 is 2.47 bits per heavy atom. The van der Waals surface area contributed by atoms with Crippen LogP contribution in [-0.2, 0) is 19.1 Å². The zero-order valence-corrected chi connectivity index (χ0v) is 17.8. The van der Waals surface area contributed by atoms with Gasteiger partial charge in [0, 0.05) is 24.2 Å². The monoisotopic (exact) mass is 431 g/mol. The largest absolute Gasteiger partial charge is 0.466 e. The van der Waals surface area contributed by atoms with Crippen LogP contribution in [0.3, 0.4) is 0 Å². The van der Waals surface area contributed by atoms with E-state index in [1.54, 1.807) is 25.1 Å². The lowest BCUT2D eigenvalue weighted by molar-refractivity contribution is -0.143. The first-order valence-corrected chi connectivity index (χ1v) is 10.1. The molecular weight excluding hydrogens is 406 g/mol. The second-order valence-electron chi connectivity index (χ2n) is 6.87. The van der Waals surface area contributed by atoms with Gasteiger partial charge >= 0.3 is 17.8 Å². The normalized spacial score (nSPS) is 11.5. The minimum absolute atomic E-state index is 0.0727. The quantitative estimate of drug-likeness (QED) is 0.219. The topological polar surface area (TPSA) is 102 Å². The Labute approximate surface area is 181 Å². The molecule has 0 aliphatic rings. The van der Waals surface area contributed by atoms with E-state index in [0.29, 0.717) is 23.7 Å². The van der Waals surface area contributed by atoms with Gasteiger partial charge < -0.3 is 9.64 Å². The maximum atomic E-state index is 12.6. The van der Waals surface area contributed by atoms with E-state index in [-0.39, 0.29) is 24.9 Å². The summed E-state index contributed by atoms with van der Waals surface area (Å²) < 4.78 is 4.94. The smallest absolute Gasteiger partial charge is 0.323 e. The first-order chi connectivity index (χ1) is 14.4. The molecule has 160 valence electrons. The molecule has 1 atom stereocenters. The lowest BCUT2D eigenvalue weighted by Gasteiger charge is -2.26. The predicted octanol–water partition coefficient (Wildman–Crippen LogP) is 3.31. The number of hydrogen-bond acceptors (Lipinski definition) is 5. The van der Waals surface area contributed by atoms with Crippen molar-refractivity contribution >= 4 is 35.1 Å². The number of benzene rings is 2. The SMILES string of the molecule is CCOC(=O)CC[C@H](C)CN(C(=O)C(=O)NN)c1ccc(-c2ccccc2)c(Cl)c1.